The molecule has 0 saturated heterocycles. The molecule has 74 valence electrons. The van der Waals surface area contributed by atoms with Crippen LogP contribution in [0.15, 0.2) is 12.4 Å². The maximum absolute atomic E-state index is 5.66. The van der Waals surface area contributed by atoms with Crippen molar-refractivity contribution in [3.05, 3.63) is 16.0 Å². The first-order chi connectivity index (χ1) is 6.22. The Morgan fingerprint density at radius 3 is 2.92 bits per heavy atom. The van der Waals surface area contributed by atoms with Crippen LogP contribution in [0.4, 0.5) is 0 Å². The van der Waals surface area contributed by atoms with E-state index in [1.54, 1.807) is 0 Å². The molecule has 0 aliphatic carbocycles. The van der Waals surface area contributed by atoms with Gasteiger partial charge in [0.2, 0.25) is 0 Å². The van der Waals surface area contributed by atoms with Crippen molar-refractivity contribution >= 4 is 34.2 Å². The van der Waals surface area contributed by atoms with Crippen LogP contribution in [0, 0.1) is 9.49 Å². The molecule has 0 N–H and O–H groups in total. The summed E-state index contributed by atoms with van der Waals surface area (Å²) in [6.45, 7) is 3.23. The van der Waals surface area contributed by atoms with Gasteiger partial charge in [-0.1, -0.05) is 6.92 Å². The van der Waals surface area contributed by atoms with Gasteiger partial charge in [0.1, 0.15) is 0 Å². The Balaban J connectivity index is 2.26. The number of aromatic nitrogens is 2. The molecule has 0 bridgehead atoms. The summed E-state index contributed by atoms with van der Waals surface area (Å²) in [5.74, 6) is 1.46. The Bertz CT molecular complexity index is 250. The quantitative estimate of drug-likeness (QED) is 0.603. The van der Waals surface area contributed by atoms with E-state index in [1.807, 2.05) is 10.9 Å². The monoisotopic (exact) mass is 312 g/mol. The third-order valence-electron chi connectivity index (χ3n) is 2.05. The normalized spacial score (nSPS) is 13.2. The summed E-state index contributed by atoms with van der Waals surface area (Å²) < 4.78 is 3.19. The van der Waals surface area contributed by atoms with Gasteiger partial charge in [0, 0.05) is 18.6 Å². The first-order valence-electron chi connectivity index (χ1n) is 4.46. The third-order valence-corrected chi connectivity index (χ3v) is 2.83. The standard InChI is InChI=1S/C9H14ClIN2/c1-8(2-4-10)3-5-13-7-9(11)6-12-13/h6-8H,2-5H2,1H3. The molecule has 1 atom stereocenters. The van der Waals surface area contributed by atoms with Crippen LogP contribution in [0.3, 0.4) is 0 Å². The fraction of sp³-hybridized carbons (Fsp3) is 0.667. The van der Waals surface area contributed by atoms with E-state index in [0.29, 0.717) is 5.92 Å². The summed E-state index contributed by atoms with van der Waals surface area (Å²) in [4.78, 5) is 0. The van der Waals surface area contributed by atoms with E-state index >= 15 is 0 Å². The zero-order valence-electron chi connectivity index (χ0n) is 7.71. The van der Waals surface area contributed by atoms with Gasteiger partial charge >= 0.3 is 0 Å². The summed E-state index contributed by atoms with van der Waals surface area (Å²) in [6.07, 6.45) is 6.20. The van der Waals surface area contributed by atoms with Crippen molar-refractivity contribution in [1.29, 1.82) is 0 Å². The summed E-state index contributed by atoms with van der Waals surface area (Å²) in [6, 6.07) is 0. The molecule has 1 unspecified atom stereocenters. The van der Waals surface area contributed by atoms with Crippen LogP contribution in [0.5, 0.6) is 0 Å². The van der Waals surface area contributed by atoms with Crippen LogP contribution >= 0.6 is 34.2 Å². The van der Waals surface area contributed by atoms with E-state index in [1.165, 1.54) is 3.57 Å². The zero-order valence-corrected chi connectivity index (χ0v) is 10.6. The highest BCUT2D eigenvalue weighted by Gasteiger charge is 2.02. The van der Waals surface area contributed by atoms with Crippen molar-refractivity contribution in [2.24, 2.45) is 5.92 Å². The van der Waals surface area contributed by atoms with Gasteiger partial charge in [-0.3, -0.25) is 4.68 Å². The van der Waals surface area contributed by atoms with E-state index in [2.05, 4.69) is 40.8 Å². The number of halogens is 2. The van der Waals surface area contributed by atoms with Gasteiger partial charge in [0.15, 0.2) is 0 Å². The largest absolute Gasteiger partial charge is 0.272 e. The topological polar surface area (TPSA) is 17.8 Å². The van der Waals surface area contributed by atoms with E-state index in [9.17, 15) is 0 Å². The van der Waals surface area contributed by atoms with Crippen molar-refractivity contribution in [2.45, 2.75) is 26.3 Å². The molecule has 0 fully saturated rings. The maximum atomic E-state index is 5.66. The Labute approximate surface area is 97.8 Å². The molecule has 2 nitrogen and oxygen atoms in total. The van der Waals surface area contributed by atoms with Crippen LogP contribution in [-0.2, 0) is 6.54 Å². The SMILES string of the molecule is CC(CCCl)CCn1cc(I)cn1. The van der Waals surface area contributed by atoms with Crippen molar-refractivity contribution in [2.75, 3.05) is 5.88 Å². The molecular weight excluding hydrogens is 298 g/mol. The van der Waals surface area contributed by atoms with Crippen molar-refractivity contribution in [1.82, 2.24) is 9.78 Å². The van der Waals surface area contributed by atoms with E-state index in [4.69, 9.17) is 11.6 Å². The second kappa shape index (κ2) is 5.86. The fourth-order valence-electron chi connectivity index (χ4n) is 1.14. The number of hydrogen-bond donors (Lipinski definition) is 0. The van der Waals surface area contributed by atoms with Gasteiger partial charge in [-0.2, -0.15) is 5.10 Å². The second-order valence-electron chi connectivity index (χ2n) is 3.29. The Morgan fingerprint density at radius 2 is 2.38 bits per heavy atom. The van der Waals surface area contributed by atoms with Gasteiger partial charge in [-0.05, 0) is 41.4 Å². The predicted octanol–water partition coefficient (Wildman–Crippen LogP) is 3.14. The zero-order chi connectivity index (χ0) is 9.68. The molecule has 0 amide bonds. The average Bonchev–Trinajstić information content (AvgIpc) is 2.49. The van der Waals surface area contributed by atoms with Crippen LogP contribution < -0.4 is 0 Å². The number of aryl methyl sites for hydroxylation is 1. The van der Waals surface area contributed by atoms with Gasteiger partial charge in [0.05, 0.1) is 9.77 Å². The van der Waals surface area contributed by atoms with E-state index in [-0.39, 0.29) is 0 Å². The summed E-state index contributed by atoms with van der Waals surface area (Å²) in [5, 5.41) is 4.22. The van der Waals surface area contributed by atoms with Crippen LogP contribution in [0.2, 0.25) is 0 Å². The van der Waals surface area contributed by atoms with Gasteiger partial charge in [-0.15, -0.1) is 11.6 Å². The van der Waals surface area contributed by atoms with Gasteiger partial charge in [0.25, 0.3) is 0 Å². The van der Waals surface area contributed by atoms with Crippen molar-refractivity contribution in [3.63, 3.8) is 0 Å². The fourth-order valence-corrected chi connectivity index (χ4v) is 1.96. The molecule has 0 aliphatic rings. The minimum atomic E-state index is 0.694. The molecule has 1 aromatic heterocycles. The molecule has 1 aromatic rings. The lowest BCUT2D eigenvalue weighted by atomic mass is 10.1. The molecule has 0 spiro atoms. The highest BCUT2D eigenvalue weighted by molar-refractivity contribution is 14.1. The minimum absolute atomic E-state index is 0.694. The molecule has 0 aliphatic heterocycles. The summed E-state index contributed by atoms with van der Waals surface area (Å²) in [7, 11) is 0. The lowest BCUT2D eigenvalue weighted by molar-refractivity contribution is 0.450. The molecular formula is C9H14ClIN2. The van der Waals surface area contributed by atoms with Crippen LogP contribution in [0.1, 0.15) is 19.8 Å². The molecule has 1 rings (SSSR count). The van der Waals surface area contributed by atoms with Gasteiger partial charge < -0.3 is 0 Å². The molecule has 1 heterocycles. The van der Waals surface area contributed by atoms with Crippen molar-refractivity contribution in [3.8, 4) is 0 Å². The number of nitrogens with zero attached hydrogens (tertiary/aromatic N) is 2. The molecule has 0 aromatic carbocycles. The second-order valence-corrected chi connectivity index (χ2v) is 4.92. The first kappa shape index (κ1) is 11.3. The Hall–Kier alpha value is 0.230. The lowest BCUT2D eigenvalue weighted by Gasteiger charge is -2.08. The first-order valence-corrected chi connectivity index (χ1v) is 6.07. The lowest BCUT2D eigenvalue weighted by Crippen LogP contribution is -2.04. The molecule has 0 radical (unpaired) electrons. The third kappa shape index (κ3) is 4.31. The van der Waals surface area contributed by atoms with Crippen LogP contribution in [-0.4, -0.2) is 15.7 Å². The molecule has 13 heavy (non-hydrogen) atoms. The number of alkyl halides is 1. The Morgan fingerprint density at radius 1 is 1.62 bits per heavy atom. The number of hydrogen-bond acceptors (Lipinski definition) is 1. The summed E-state index contributed by atoms with van der Waals surface area (Å²) in [5.41, 5.74) is 0. The van der Waals surface area contributed by atoms with E-state index in [0.717, 1.165) is 25.3 Å². The molecule has 0 saturated carbocycles. The van der Waals surface area contributed by atoms with Crippen LogP contribution in [0.25, 0.3) is 0 Å². The van der Waals surface area contributed by atoms with Crippen molar-refractivity contribution < 1.29 is 0 Å². The Kier molecular flexibility index (Phi) is 5.09. The van der Waals surface area contributed by atoms with Gasteiger partial charge in [-0.25, -0.2) is 0 Å². The highest BCUT2D eigenvalue weighted by Crippen LogP contribution is 2.10. The predicted molar refractivity (Wildman–Crippen MR) is 64.1 cm³/mol. The van der Waals surface area contributed by atoms with E-state index < -0.39 is 0 Å². The average molecular weight is 313 g/mol. The number of rotatable bonds is 5. The highest BCUT2D eigenvalue weighted by atomic mass is 127. The minimum Gasteiger partial charge on any atom is -0.272 e. The smallest absolute Gasteiger partial charge is 0.0623 e. The summed E-state index contributed by atoms with van der Waals surface area (Å²) >= 11 is 7.93. The molecule has 4 heteroatoms. The maximum Gasteiger partial charge on any atom is 0.0623 e.